The summed E-state index contributed by atoms with van der Waals surface area (Å²) >= 11 is 5.10. The molecule has 0 aliphatic carbocycles. The Balaban J connectivity index is 2.08. The molecule has 0 aliphatic rings. The molecule has 0 saturated heterocycles. The van der Waals surface area contributed by atoms with Crippen molar-refractivity contribution in [2.45, 2.75) is 18.9 Å². The molecule has 1 aromatic carbocycles. The van der Waals surface area contributed by atoms with Gasteiger partial charge >= 0.3 is 0 Å². The number of thiophene rings is 1. The number of hydrogen-bond donors (Lipinski definition) is 1. The van der Waals surface area contributed by atoms with Crippen LogP contribution in [-0.4, -0.2) is 12.2 Å². The Hall–Kier alpha value is -0.840. The highest BCUT2D eigenvalue weighted by Gasteiger charge is 2.13. The number of hydrogen-bond acceptors (Lipinski definition) is 3. The van der Waals surface area contributed by atoms with Crippen molar-refractivity contribution in [1.82, 2.24) is 0 Å². The van der Waals surface area contributed by atoms with E-state index in [4.69, 9.17) is 4.74 Å². The zero-order chi connectivity index (χ0) is 13.0. The van der Waals surface area contributed by atoms with Gasteiger partial charge < -0.3 is 9.84 Å². The van der Waals surface area contributed by atoms with Crippen LogP contribution in [0.1, 0.15) is 23.7 Å². The molecule has 0 bridgehead atoms. The number of aliphatic hydroxyl groups is 1. The zero-order valence-electron chi connectivity index (χ0n) is 10.1. The van der Waals surface area contributed by atoms with Gasteiger partial charge in [0.15, 0.2) is 0 Å². The average molecular weight is 327 g/mol. The molecule has 0 radical (unpaired) electrons. The first-order valence-electron chi connectivity index (χ1n) is 5.73. The van der Waals surface area contributed by atoms with Gasteiger partial charge in [0.2, 0.25) is 0 Å². The lowest BCUT2D eigenvalue weighted by Crippen LogP contribution is -2.02. The Morgan fingerprint density at radius 2 is 2.22 bits per heavy atom. The molecule has 4 heteroatoms. The minimum atomic E-state index is -0.502. The lowest BCUT2D eigenvalue weighted by atomic mass is 10.0. The van der Waals surface area contributed by atoms with E-state index in [-0.39, 0.29) is 0 Å². The van der Waals surface area contributed by atoms with Crippen molar-refractivity contribution in [3.8, 4) is 5.75 Å². The fourth-order valence-electron chi connectivity index (χ4n) is 1.86. The molecule has 1 aromatic heterocycles. The second-order valence-electron chi connectivity index (χ2n) is 4.07. The number of aliphatic hydroxyl groups excluding tert-OH is 1. The summed E-state index contributed by atoms with van der Waals surface area (Å²) in [5.41, 5.74) is 2.11. The van der Waals surface area contributed by atoms with Crippen LogP contribution in [0.15, 0.2) is 39.5 Å². The fraction of sp³-hybridized carbons (Fsp3) is 0.286. The van der Waals surface area contributed by atoms with E-state index in [2.05, 4.69) is 32.8 Å². The average Bonchev–Trinajstić information content (AvgIpc) is 2.89. The maximum absolute atomic E-state index is 10.3. The van der Waals surface area contributed by atoms with Crippen LogP contribution >= 0.6 is 27.3 Å². The first kappa shape index (κ1) is 13.6. The third-order valence-corrected chi connectivity index (χ3v) is 4.06. The SMILES string of the molecule is COc1ccc(Br)cc1C(O)CCc1ccsc1. The van der Waals surface area contributed by atoms with Crippen molar-refractivity contribution in [3.63, 3.8) is 0 Å². The molecule has 1 N–H and O–H groups in total. The molecule has 0 fully saturated rings. The van der Waals surface area contributed by atoms with Gasteiger partial charge in [-0.15, -0.1) is 0 Å². The highest BCUT2D eigenvalue weighted by atomic mass is 79.9. The van der Waals surface area contributed by atoms with Crippen LogP contribution in [0.25, 0.3) is 0 Å². The van der Waals surface area contributed by atoms with Crippen LogP contribution in [0.4, 0.5) is 0 Å². The summed E-state index contributed by atoms with van der Waals surface area (Å²) in [5, 5.41) is 14.4. The van der Waals surface area contributed by atoms with Crippen molar-refractivity contribution >= 4 is 27.3 Å². The van der Waals surface area contributed by atoms with Crippen LogP contribution in [-0.2, 0) is 6.42 Å². The summed E-state index contributed by atoms with van der Waals surface area (Å²) in [5.74, 6) is 0.732. The first-order chi connectivity index (χ1) is 8.70. The summed E-state index contributed by atoms with van der Waals surface area (Å²) in [6.07, 6.45) is 1.07. The molecule has 0 saturated carbocycles. The third-order valence-electron chi connectivity index (χ3n) is 2.84. The van der Waals surface area contributed by atoms with Crippen LogP contribution < -0.4 is 4.74 Å². The lowest BCUT2D eigenvalue weighted by molar-refractivity contribution is 0.163. The summed E-state index contributed by atoms with van der Waals surface area (Å²) < 4.78 is 6.23. The molecule has 0 aliphatic heterocycles. The minimum Gasteiger partial charge on any atom is -0.496 e. The van der Waals surface area contributed by atoms with E-state index in [0.29, 0.717) is 6.42 Å². The van der Waals surface area contributed by atoms with Gasteiger partial charge in [-0.1, -0.05) is 15.9 Å². The number of ether oxygens (including phenoxy) is 1. The van der Waals surface area contributed by atoms with Crippen LogP contribution in [0, 0.1) is 0 Å². The quantitative estimate of drug-likeness (QED) is 0.892. The molecule has 1 atom stereocenters. The van der Waals surface area contributed by atoms with Crippen molar-refractivity contribution in [2.24, 2.45) is 0 Å². The second-order valence-corrected chi connectivity index (χ2v) is 5.77. The highest BCUT2D eigenvalue weighted by molar-refractivity contribution is 9.10. The maximum atomic E-state index is 10.3. The van der Waals surface area contributed by atoms with Gasteiger partial charge in [0.05, 0.1) is 13.2 Å². The lowest BCUT2D eigenvalue weighted by Gasteiger charge is -2.15. The number of benzene rings is 1. The minimum absolute atomic E-state index is 0.502. The molecular formula is C14H15BrO2S. The Morgan fingerprint density at radius 1 is 1.39 bits per heavy atom. The number of aryl methyl sites for hydroxylation is 1. The number of halogens is 1. The Bertz CT molecular complexity index is 497. The predicted octanol–water partition coefficient (Wildman–Crippen LogP) is 4.19. The van der Waals surface area contributed by atoms with Gasteiger partial charge in [0.1, 0.15) is 5.75 Å². The summed E-state index contributed by atoms with van der Waals surface area (Å²) in [4.78, 5) is 0. The van der Waals surface area contributed by atoms with Gasteiger partial charge in [-0.25, -0.2) is 0 Å². The molecule has 96 valence electrons. The normalized spacial score (nSPS) is 12.4. The third kappa shape index (κ3) is 3.34. The fourth-order valence-corrected chi connectivity index (χ4v) is 2.94. The van der Waals surface area contributed by atoms with Crippen molar-refractivity contribution < 1.29 is 9.84 Å². The van der Waals surface area contributed by atoms with E-state index >= 15 is 0 Å². The molecule has 1 heterocycles. The Kier molecular flexibility index (Phi) is 4.80. The molecule has 1 unspecified atom stereocenters. The van der Waals surface area contributed by atoms with E-state index in [1.165, 1.54) is 5.56 Å². The van der Waals surface area contributed by atoms with Crippen LogP contribution in [0.3, 0.4) is 0 Å². The molecule has 18 heavy (non-hydrogen) atoms. The van der Waals surface area contributed by atoms with Crippen molar-refractivity contribution in [1.29, 1.82) is 0 Å². The second kappa shape index (κ2) is 6.36. The van der Waals surface area contributed by atoms with E-state index in [1.54, 1.807) is 18.4 Å². The molecule has 2 rings (SSSR count). The van der Waals surface area contributed by atoms with Crippen LogP contribution in [0.2, 0.25) is 0 Å². The van der Waals surface area contributed by atoms with Gasteiger partial charge in [0.25, 0.3) is 0 Å². The van der Waals surface area contributed by atoms with Crippen molar-refractivity contribution in [2.75, 3.05) is 7.11 Å². The van der Waals surface area contributed by atoms with Crippen LogP contribution in [0.5, 0.6) is 5.75 Å². The van der Waals surface area contributed by atoms with Gasteiger partial charge in [-0.3, -0.25) is 0 Å². The molecule has 2 aromatic rings. The number of methoxy groups -OCH3 is 1. The van der Waals surface area contributed by atoms with E-state index < -0.39 is 6.10 Å². The summed E-state index contributed by atoms with van der Waals surface area (Å²) in [7, 11) is 1.62. The smallest absolute Gasteiger partial charge is 0.124 e. The standard InChI is InChI=1S/C14H15BrO2S/c1-17-14-5-3-11(15)8-12(14)13(16)4-2-10-6-7-18-9-10/h3,5-9,13,16H,2,4H2,1H3. The summed E-state index contributed by atoms with van der Waals surface area (Å²) in [6.45, 7) is 0. The maximum Gasteiger partial charge on any atom is 0.124 e. The topological polar surface area (TPSA) is 29.5 Å². The molecule has 0 amide bonds. The van der Waals surface area contributed by atoms with Gasteiger partial charge in [0, 0.05) is 10.0 Å². The highest BCUT2D eigenvalue weighted by Crippen LogP contribution is 2.31. The first-order valence-corrected chi connectivity index (χ1v) is 7.47. The Labute approximate surface area is 119 Å². The van der Waals surface area contributed by atoms with E-state index in [0.717, 1.165) is 22.2 Å². The van der Waals surface area contributed by atoms with E-state index in [1.807, 2.05) is 18.2 Å². The molecule has 2 nitrogen and oxygen atoms in total. The zero-order valence-corrected chi connectivity index (χ0v) is 12.5. The Morgan fingerprint density at radius 3 is 2.89 bits per heavy atom. The van der Waals surface area contributed by atoms with Gasteiger partial charge in [-0.05, 0) is 53.4 Å². The summed E-state index contributed by atoms with van der Waals surface area (Å²) in [6, 6.07) is 7.79. The van der Waals surface area contributed by atoms with E-state index in [9.17, 15) is 5.11 Å². The molecule has 0 spiro atoms. The number of rotatable bonds is 5. The van der Waals surface area contributed by atoms with Gasteiger partial charge in [-0.2, -0.15) is 11.3 Å². The van der Waals surface area contributed by atoms with Crippen molar-refractivity contribution in [3.05, 3.63) is 50.6 Å². The largest absolute Gasteiger partial charge is 0.496 e. The molecular weight excluding hydrogens is 312 g/mol. The monoisotopic (exact) mass is 326 g/mol. The predicted molar refractivity (Wildman–Crippen MR) is 78.3 cm³/mol.